The van der Waals surface area contributed by atoms with Gasteiger partial charge in [0.2, 0.25) is 0 Å². The van der Waals surface area contributed by atoms with Crippen LogP contribution in [0.15, 0.2) is 42.7 Å². The Bertz CT molecular complexity index is 466. The maximum absolute atomic E-state index is 13.8. The normalized spacial score (nSPS) is 12.4. The summed E-state index contributed by atoms with van der Waals surface area (Å²) in [6, 6.07) is 8.58. The molecule has 88 valence electrons. The number of benzene rings is 1. The van der Waals surface area contributed by atoms with Crippen molar-refractivity contribution >= 4 is 0 Å². The maximum Gasteiger partial charge on any atom is 0.128 e. The molecule has 1 unspecified atom stereocenters. The molecule has 2 rings (SSSR count). The molecule has 0 saturated heterocycles. The number of halogens is 1. The minimum absolute atomic E-state index is 0.162. The van der Waals surface area contributed by atoms with Gasteiger partial charge >= 0.3 is 0 Å². The van der Waals surface area contributed by atoms with E-state index < -0.39 is 0 Å². The van der Waals surface area contributed by atoms with Gasteiger partial charge in [-0.25, -0.2) is 4.39 Å². The molecule has 0 aliphatic carbocycles. The van der Waals surface area contributed by atoms with Gasteiger partial charge in [0.05, 0.1) is 6.04 Å². The van der Waals surface area contributed by atoms with Crippen molar-refractivity contribution in [3.05, 3.63) is 65.2 Å². The third-order valence-corrected chi connectivity index (χ3v) is 2.90. The van der Waals surface area contributed by atoms with Gasteiger partial charge in [-0.2, -0.15) is 0 Å². The molecule has 1 aromatic heterocycles. The van der Waals surface area contributed by atoms with E-state index in [9.17, 15) is 4.39 Å². The summed E-state index contributed by atoms with van der Waals surface area (Å²) >= 11 is 0. The quantitative estimate of drug-likeness (QED) is 0.877. The van der Waals surface area contributed by atoms with E-state index in [2.05, 4.69) is 10.3 Å². The lowest BCUT2D eigenvalue weighted by atomic mass is 9.96. The van der Waals surface area contributed by atoms with Gasteiger partial charge in [-0.05, 0) is 37.2 Å². The third-order valence-electron chi connectivity index (χ3n) is 2.90. The number of nitrogens with zero attached hydrogens (tertiary/aromatic N) is 1. The van der Waals surface area contributed by atoms with E-state index in [1.54, 1.807) is 24.5 Å². The maximum atomic E-state index is 13.8. The average Bonchev–Trinajstić information content (AvgIpc) is 2.34. The van der Waals surface area contributed by atoms with Gasteiger partial charge in [0.25, 0.3) is 0 Å². The van der Waals surface area contributed by atoms with Gasteiger partial charge in [0, 0.05) is 18.0 Å². The van der Waals surface area contributed by atoms with E-state index in [4.69, 9.17) is 0 Å². The van der Waals surface area contributed by atoms with E-state index in [0.717, 1.165) is 11.1 Å². The van der Waals surface area contributed by atoms with Crippen molar-refractivity contribution in [3.8, 4) is 0 Å². The lowest BCUT2D eigenvalue weighted by Gasteiger charge is -2.19. The van der Waals surface area contributed by atoms with E-state index in [1.807, 2.05) is 26.1 Å². The zero-order chi connectivity index (χ0) is 12.3. The molecular weight excluding hydrogens is 215 g/mol. The number of hydrogen-bond donors (Lipinski definition) is 1. The molecule has 0 radical (unpaired) electrons. The number of aromatic nitrogens is 1. The predicted molar refractivity (Wildman–Crippen MR) is 66.3 cm³/mol. The minimum Gasteiger partial charge on any atom is -0.309 e. The largest absolute Gasteiger partial charge is 0.309 e. The highest BCUT2D eigenvalue weighted by Gasteiger charge is 2.17. The van der Waals surface area contributed by atoms with E-state index >= 15 is 0 Å². The van der Waals surface area contributed by atoms with Crippen LogP contribution < -0.4 is 5.32 Å². The van der Waals surface area contributed by atoms with Gasteiger partial charge in [0.1, 0.15) is 5.82 Å². The summed E-state index contributed by atoms with van der Waals surface area (Å²) in [7, 11) is 1.82. The van der Waals surface area contributed by atoms with E-state index in [-0.39, 0.29) is 11.9 Å². The second-order valence-corrected chi connectivity index (χ2v) is 3.98. The molecule has 0 spiro atoms. The third kappa shape index (κ3) is 2.34. The van der Waals surface area contributed by atoms with Crippen LogP contribution in [0.25, 0.3) is 0 Å². The van der Waals surface area contributed by atoms with Gasteiger partial charge in [-0.1, -0.05) is 18.2 Å². The number of aryl methyl sites for hydroxylation is 1. The SMILES string of the molecule is CNC(c1cnccc1C)c1ccccc1F. The Morgan fingerprint density at radius 3 is 2.59 bits per heavy atom. The number of rotatable bonds is 3. The highest BCUT2D eigenvalue weighted by molar-refractivity contribution is 5.35. The van der Waals surface area contributed by atoms with Gasteiger partial charge < -0.3 is 5.32 Å². The fourth-order valence-corrected chi connectivity index (χ4v) is 1.97. The van der Waals surface area contributed by atoms with Crippen LogP contribution in [0, 0.1) is 12.7 Å². The van der Waals surface area contributed by atoms with Gasteiger partial charge in [0.15, 0.2) is 0 Å². The molecule has 0 aliphatic rings. The Hall–Kier alpha value is -1.74. The predicted octanol–water partition coefficient (Wildman–Crippen LogP) is 2.84. The van der Waals surface area contributed by atoms with Crippen LogP contribution in [0.3, 0.4) is 0 Å². The van der Waals surface area contributed by atoms with Crippen molar-refractivity contribution in [3.63, 3.8) is 0 Å². The van der Waals surface area contributed by atoms with Crippen molar-refractivity contribution in [2.24, 2.45) is 0 Å². The molecule has 1 N–H and O–H groups in total. The van der Waals surface area contributed by atoms with Crippen LogP contribution in [-0.2, 0) is 0 Å². The molecule has 17 heavy (non-hydrogen) atoms. The Morgan fingerprint density at radius 2 is 1.94 bits per heavy atom. The minimum atomic E-state index is -0.199. The molecule has 2 nitrogen and oxygen atoms in total. The topological polar surface area (TPSA) is 24.9 Å². The summed E-state index contributed by atoms with van der Waals surface area (Å²) in [4.78, 5) is 4.11. The Kier molecular flexibility index (Phi) is 3.49. The molecule has 1 atom stereocenters. The number of hydrogen-bond acceptors (Lipinski definition) is 2. The fourth-order valence-electron chi connectivity index (χ4n) is 1.97. The first-order valence-electron chi connectivity index (χ1n) is 5.56. The average molecular weight is 230 g/mol. The highest BCUT2D eigenvalue weighted by atomic mass is 19.1. The first kappa shape index (κ1) is 11.7. The molecule has 0 fully saturated rings. The van der Waals surface area contributed by atoms with Crippen molar-refractivity contribution in [2.45, 2.75) is 13.0 Å². The van der Waals surface area contributed by atoms with Crippen LogP contribution in [0.5, 0.6) is 0 Å². The van der Waals surface area contributed by atoms with Gasteiger partial charge in [-0.3, -0.25) is 4.98 Å². The Labute approximate surface area is 101 Å². The lowest BCUT2D eigenvalue weighted by Crippen LogP contribution is -2.20. The first-order chi connectivity index (χ1) is 8.24. The Balaban J connectivity index is 2.48. The Morgan fingerprint density at radius 1 is 1.18 bits per heavy atom. The van der Waals surface area contributed by atoms with Crippen molar-refractivity contribution < 1.29 is 4.39 Å². The number of nitrogens with one attached hydrogen (secondary N) is 1. The van der Waals surface area contributed by atoms with E-state index in [1.165, 1.54) is 6.07 Å². The molecule has 0 bridgehead atoms. The summed E-state index contributed by atoms with van der Waals surface area (Å²) in [5.74, 6) is -0.199. The molecule has 1 heterocycles. The summed E-state index contributed by atoms with van der Waals surface area (Å²) in [6.07, 6.45) is 3.52. The second-order valence-electron chi connectivity index (χ2n) is 3.98. The first-order valence-corrected chi connectivity index (χ1v) is 5.56. The van der Waals surface area contributed by atoms with Crippen molar-refractivity contribution in [1.82, 2.24) is 10.3 Å². The molecule has 0 aliphatic heterocycles. The summed E-state index contributed by atoms with van der Waals surface area (Å²) in [5.41, 5.74) is 2.74. The van der Waals surface area contributed by atoms with Crippen LogP contribution >= 0.6 is 0 Å². The van der Waals surface area contributed by atoms with Crippen LogP contribution in [0.1, 0.15) is 22.7 Å². The lowest BCUT2D eigenvalue weighted by molar-refractivity contribution is 0.574. The van der Waals surface area contributed by atoms with Crippen LogP contribution in [0.4, 0.5) is 4.39 Å². The van der Waals surface area contributed by atoms with Crippen molar-refractivity contribution in [2.75, 3.05) is 7.05 Å². The smallest absolute Gasteiger partial charge is 0.128 e. The molecule has 1 aromatic carbocycles. The fraction of sp³-hybridized carbons (Fsp3) is 0.214. The highest BCUT2D eigenvalue weighted by Crippen LogP contribution is 2.25. The van der Waals surface area contributed by atoms with Gasteiger partial charge in [-0.15, -0.1) is 0 Å². The zero-order valence-electron chi connectivity index (χ0n) is 9.94. The summed E-state index contributed by atoms with van der Waals surface area (Å²) in [5, 5.41) is 3.14. The monoisotopic (exact) mass is 230 g/mol. The van der Waals surface area contributed by atoms with Crippen LogP contribution in [0.2, 0.25) is 0 Å². The van der Waals surface area contributed by atoms with Crippen molar-refractivity contribution in [1.29, 1.82) is 0 Å². The van der Waals surface area contributed by atoms with Crippen LogP contribution in [-0.4, -0.2) is 12.0 Å². The zero-order valence-corrected chi connectivity index (χ0v) is 9.94. The van der Waals surface area contributed by atoms with E-state index in [0.29, 0.717) is 5.56 Å². The summed E-state index contributed by atoms with van der Waals surface area (Å²) < 4.78 is 13.8. The second kappa shape index (κ2) is 5.06. The summed E-state index contributed by atoms with van der Waals surface area (Å²) in [6.45, 7) is 2.00. The molecular formula is C14H15FN2. The molecule has 3 heteroatoms. The number of pyridine rings is 1. The molecule has 0 amide bonds. The molecule has 2 aromatic rings. The standard InChI is InChI=1S/C14H15FN2/c1-10-7-8-17-9-12(10)14(16-2)11-5-3-4-6-13(11)15/h3-9,14,16H,1-2H3. The molecule has 0 saturated carbocycles.